The molecule has 21 heavy (non-hydrogen) atoms. The van der Waals surface area contributed by atoms with E-state index < -0.39 is 9.84 Å². The first-order valence-electron chi connectivity index (χ1n) is 6.20. The van der Waals surface area contributed by atoms with Crippen LogP contribution in [0.1, 0.15) is 5.56 Å². The van der Waals surface area contributed by atoms with Gasteiger partial charge in [-0.05, 0) is 36.4 Å². The number of rotatable bonds is 3. The summed E-state index contributed by atoms with van der Waals surface area (Å²) in [5, 5.41) is 1.18. The fraction of sp³-hybridized carbons (Fsp3) is 0.0667. The Balaban J connectivity index is 1.86. The Kier molecular flexibility index (Phi) is 3.17. The predicted molar refractivity (Wildman–Crippen MR) is 77.9 cm³/mol. The van der Waals surface area contributed by atoms with Gasteiger partial charge in [-0.25, -0.2) is 12.8 Å². The summed E-state index contributed by atoms with van der Waals surface area (Å²) in [5.41, 5.74) is 7.16. The Morgan fingerprint density at radius 2 is 1.81 bits per heavy atom. The van der Waals surface area contributed by atoms with Crippen molar-refractivity contribution in [3.63, 3.8) is 0 Å². The Hall–Kier alpha value is -2.34. The van der Waals surface area contributed by atoms with Crippen LogP contribution < -0.4 is 10.5 Å². The number of hydrogen-bond donors (Lipinski definition) is 1. The number of nitrogen functional groups attached to an aromatic ring is 1. The van der Waals surface area contributed by atoms with Crippen LogP contribution in [0.15, 0.2) is 52.8 Å². The van der Waals surface area contributed by atoms with Crippen molar-refractivity contribution in [3.8, 4) is 5.75 Å². The Morgan fingerprint density at radius 1 is 1.10 bits per heavy atom. The summed E-state index contributed by atoms with van der Waals surface area (Å²) < 4.78 is 42.4. The molecule has 2 aromatic rings. The van der Waals surface area contributed by atoms with E-state index in [2.05, 4.69) is 0 Å². The largest absolute Gasteiger partial charge is 0.489 e. The summed E-state index contributed by atoms with van der Waals surface area (Å²) in [4.78, 5) is 0.195. The molecule has 0 radical (unpaired) electrons. The van der Waals surface area contributed by atoms with Crippen LogP contribution in [0, 0.1) is 5.82 Å². The molecule has 1 aliphatic heterocycles. The lowest BCUT2D eigenvalue weighted by molar-refractivity contribution is 0.369. The summed E-state index contributed by atoms with van der Waals surface area (Å²) in [6.07, 6.45) is 0. The quantitative estimate of drug-likeness (QED) is 0.885. The number of fused-ring (bicyclic) bond motifs is 1. The summed E-state index contributed by atoms with van der Waals surface area (Å²) in [6.45, 7) is 0.0851. The van der Waals surface area contributed by atoms with Crippen molar-refractivity contribution in [2.24, 2.45) is 0 Å². The number of sulfone groups is 1. The maximum absolute atomic E-state index is 12.8. The minimum absolute atomic E-state index is 0.0851. The van der Waals surface area contributed by atoms with Gasteiger partial charge in [0.2, 0.25) is 9.84 Å². The highest BCUT2D eigenvalue weighted by Crippen LogP contribution is 2.34. The second-order valence-corrected chi connectivity index (χ2v) is 6.45. The van der Waals surface area contributed by atoms with E-state index >= 15 is 0 Å². The molecule has 0 bridgehead atoms. The topological polar surface area (TPSA) is 69.4 Å². The number of ether oxygens (including phenoxy) is 1. The average molecular weight is 305 g/mol. The minimum atomic E-state index is -3.47. The van der Waals surface area contributed by atoms with Crippen LogP contribution >= 0.6 is 0 Å². The number of anilines is 1. The van der Waals surface area contributed by atoms with Gasteiger partial charge >= 0.3 is 0 Å². The Labute approximate surface area is 121 Å². The molecule has 0 saturated heterocycles. The zero-order valence-electron chi connectivity index (χ0n) is 10.9. The second kappa shape index (κ2) is 4.89. The smallest absolute Gasteiger partial charge is 0.200 e. The highest BCUT2D eigenvalue weighted by molar-refractivity contribution is 7.95. The van der Waals surface area contributed by atoms with E-state index in [0.717, 1.165) is 0 Å². The van der Waals surface area contributed by atoms with E-state index in [1.54, 1.807) is 12.1 Å². The van der Waals surface area contributed by atoms with E-state index in [1.165, 1.54) is 35.7 Å². The zero-order chi connectivity index (χ0) is 15.0. The zero-order valence-corrected chi connectivity index (χ0v) is 11.7. The van der Waals surface area contributed by atoms with Crippen molar-refractivity contribution in [1.82, 2.24) is 0 Å². The lowest BCUT2D eigenvalue weighted by Gasteiger charge is -2.08. The molecule has 1 aliphatic rings. The van der Waals surface area contributed by atoms with E-state index in [-0.39, 0.29) is 17.3 Å². The first-order valence-corrected chi connectivity index (χ1v) is 7.74. The van der Waals surface area contributed by atoms with Crippen LogP contribution in [-0.4, -0.2) is 15.0 Å². The fourth-order valence-electron chi connectivity index (χ4n) is 2.16. The summed E-state index contributed by atoms with van der Waals surface area (Å²) in [7, 11) is -3.47. The van der Waals surface area contributed by atoms with Gasteiger partial charge in [0.15, 0.2) is 0 Å². The van der Waals surface area contributed by atoms with Crippen molar-refractivity contribution < 1.29 is 17.5 Å². The van der Waals surface area contributed by atoms with Gasteiger partial charge < -0.3 is 10.5 Å². The molecule has 0 fully saturated rings. The average Bonchev–Trinajstić information content (AvgIpc) is 2.69. The summed E-state index contributed by atoms with van der Waals surface area (Å²) in [5.74, 6) is 0.115. The van der Waals surface area contributed by atoms with Crippen LogP contribution in [0.25, 0.3) is 5.57 Å². The van der Waals surface area contributed by atoms with Gasteiger partial charge in [-0.15, -0.1) is 0 Å². The van der Waals surface area contributed by atoms with E-state index in [1.807, 2.05) is 0 Å². The predicted octanol–water partition coefficient (Wildman–Crippen LogP) is 2.62. The normalized spacial score (nSPS) is 15.4. The number of halogens is 1. The first-order chi connectivity index (χ1) is 9.95. The molecule has 0 saturated carbocycles. The molecule has 0 unspecified atom stereocenters. The fourth-order valence-corrected chi connectivity index (χ4v) is 3.66. The molecule has 0 atom stereocenters. The van der Waals surface area contributed by atoms with Gasteiger partial charge in [0.1, 0.15) is 18.2 Å². The van der Waals surface area contributed by atoms with Crippen LogP contribution in [0.4, 0.5) is 10.1 Å². The van der Waals surface area contributed by atoms with Gasteiger partial charge in [0.25, 0.3) is 0 Å². The third-order valence-corrected chi connectivity index (χ3v) is 4.71. The van der Waals surface area contributed by atoms with Gasteiger partial charge in [0.05, 0.1) is 4.90 Å². The molecular weight excluding hydrogens is 293 g/mol. The number of benzene rings is 2. The van der Waals surface area contributed by atoms with Crippen LogP contribution in [-0.2, 0) is 9.84 Å². The third kappa shape index (κ3) is 2.62. The molecule has 3 rings (SSSR count). The van der Waals surface area contributed by atoms with Gasteiger partial charge in [-0.3, -0.25) is 0 Å². The lowest BCUT2D eigenvalue weighted by Crippen LogP contribution is -2.00. The summed E-state index contributed by atoms with van der Waals surface area (Å²) >= 11 is 0. The monoisotopic (exact) mass is 305 g/mol. The third-order valence-electron chi connectivity index (χ3n) is 3.16. The van der Waals surface area contributed by atoms with Crippen molar-refractivity contribution in [2.45, 2.75) is 4.90 Å². The molecule has 2 aromatic carbocycles. The SMILES string of the molecule is Nc1ccc2c(c1)S(=O)(=O)C=C2COc1ccc(F)cc1. The molecule has 2 N–H and O–H groups in total. The highest BCUT2D eigenvalue weighted by Gasteiger charge is 2.27. The molecule has 4 nitrogen and oxygen atoms in total. The van der Waals surface area contributed by atoms with Crippen molar-refractivity contribution in [2.75, 3.05) is 12.3 Å². The molecule has 108 valence electrons. The van der Waals surface area contributed by atoms with Gasteiger partial charge in [-0.1, -0.05) is 6.07 Å². The van der Waals surface area contributed by atoms with E-state index in [0.29, 0.717) is 22.6 Å². The molecule has 0 aromatic heterocycles. The lowest BCUT2D eigenvalue weighted by atomic mass is 10.1. The minimum Gasteiger partial charge on any atom is -0.489 e. The molecule has 0 aliphatic carbocycles. The standard InChI is InChI=1S/C15H12FNO3S/c16-11-1-4-13(5-2-11)20-8-10-9-21(18,19)15-7-12(17)3-6-14(10)15/h1-7,9H,8,17H2. The van der Waals surface area contributed by atoms with E-state index in [4.69, 9.17) is 10.5 Å². The molecule has 1 heterocycles. The van der Waals surface area contributed by atoms with Crippen molar-refractivity contribution >= 4 is 21.1 Å². The van der Waals surface area contributed by atoms with Gasteiger partial charge in [0, 0.05) is 22.2 Å². The van der Waals surface area contributed by atoms with E-state index in [9.17, 15) is 12.8 Å². The van der Waals surface area contributed by atoms with Crippen molar-refractivity contribution in [1.29, 1.82) is 0 Å². The van der Waals surface area contributed by atoms with Gasteiger partial charge in [-0.2, -0.15) is 0 Å². The second-order valence-electron chi connectivity index (χ2n) is 4.69. The first kappa shape index (κ1) is 13.6. The van der Waals surface area contributed by atoms with Crippen LogP contribution in [0.5, 0.6) is 5.75 Å². The van der Waals surface area contributed by atoms with Crippen LogP contribution in [0.2, 0.25) is 0 Å². The molecular formula is C15H12FNO3S. The van der Waals surface area contributed by atoms with Crippen LogP contribution in [0.3, 0.4) is 0 Å². The highest BCUT2D eigenvalue weighted by atomic mass is 32.2. The maximum Gasteiger partial charge on any atom is 0.200 e. The maximum atomic E-state index is 12.8. The Morgan fingerprint density at radius 3 is 2.52 bits per heavy atom. The number of nitrogens with two attached hydrogens (primary N) is 1. The Bertz CT molecular complexity index is 826. The molecule has 0 spiro atoms. The molecule has 6 heteroatoms. The molecule has 0 amide bonds. The summed E-state index contributed by atoms with van der Waals surface area (Å²) in [6, 6.07) is 10.3. The van der Waals surface area contributed by atoms with Crippen molar-refractivity contribution in [3.05, 3.63) is 59.3 Å². The number of hydrogen-bond acceptors (Lipinski definition) is 4.